The van der Waals surface area contributed by atoms with E-state index in [0.717, 1.165) is 27.8 Å². The Balaban J connectivity index is 1.32. The summed E-state index contributed by atoms with van der Waals surface area (Å²) in [5, 5.41) is 0. The van der Waals surface area contributed by atoms with Crippen LogP contribution in [-0.2, 0) is 56.7 Å². The van der Waals surface area contributed by atoms with E-state index < -0.39 is 36.1 Å². The lowest BCUT2D eigenvalue weighted by Gasteiger charge is -2.46. The van der Waals surface area contributed by atoms with Gasteiger partial charge in [-0.2, -0.15) is 0 Å². The molecule has 1 aliphatic heterocycles. The molecule has 0 amide bonds. The standard InChI is InChI=1S/C52H50O8/c1-2-3-4-20-31-44-32-45(55-34-40-23-12-6-13-24-40)47(52(53)59-44)49-51(58-37-43-29-18-9-19-30-43)50(57-36-42-27-16-8-17-28-42)48(56-35-41-25-14-7-15-26-41)46(60-49)38-54-33-39-21-10-5-11-22-39/h2-32,46,48-51H,1,33-38H2/b4-3+,31-20+/t46-,48+,49+,50+,51+/m1/s1. The van der Waals surface area contributed by atoms with E-state index in [-0.39, 0.29) is 38.6 Å². The first kappa shape index (κ1) is 42.0. The summed E-state index contributed by atoms with van der Waals surface area (Å²) < 4.78 is 46.7. The van der Waals surface area contributed by atoms with Crippen LogP contribution in [0.1, 0.15) is 45.2 Å². The molecule has 0 radical (unpaired) electrons. The van der Waals surface area contributed by atoms with Gasteiger partial charge < -0.3 is 32.8 Å². The van der Waals surface area contributed by atoms with E-state index in [2.05, 4.69) is 6.58 Å². The predicted molar refractivity (Wildman–Crippen MR) is 233 cm³/mol. The molecule has 8 nitrogen and oxygen atoms in total. The van der Waals surface area contributed by atoms with Crippen molar-refractivity contribution in [2.45, 2.75) is 63.6 Å². The third-order valence-corrected chi connectivity index (χ3v) is 9.99. The van der Waals surface area contributed by atoms with Gasteiger partial charge in [-0.15, -0.1) is 0 Å². The minimum atomic E-state index is -1.03. The molecule has 0 unspecified atom stereocenters. The van der Waals surface area contributed by atoms with E-state index >= 15 is 0 Å². The third kappa shape index (κ3) is 12.0. The van der Waals surface area contributed by atoms with Crippen molar-refractivity contribution in [1.82, 2.24) is 0 Å². The number of rotatable bonds is 20. The first-order chi connectivity index (χ1) is 29.6. The minimum absolute atomic E-state index is 0.128. The quantitative estimate of drug-likeness (QED) is 0.0706. The summed E-state index contributed by atoms with van der Waals surface area (Å²) in [5.41, 5.74) is 4.37. The predicted octanol–water partition coefficient (Wildman–Crippen LogP) is 10.4. The van der Waals surface area contributed by atoms with Gasteiger partial charge in [-0.05, 0) is 33.9 Å². The van der Waals surface area contributed by atoms with Crippen LogP contribution in [0.15, 0.2) is 198 Å². The fourth-order valence-electron chi connectivity index (χ4n) is 7.01. The number of benzene rings is 5. The summed E-state index contributed by atoms with van der Waals surface area (Å²) in [4.78, 5) is 14.5. The topological polar surface area (TPSA) is 85.6 Å². The zero-order chi connectivity index (χ0) is 41.2. The van der Waals surface area contributed by atoms with E-state index in [0.29, 0.717) is 18.1 Å². The molecule has 1 fully saturated rings. The van der Waals surface area contributed by atoms with E-state index in [9.17, 15) is 4.79 Å². The molecule has 0 aliphatic carbocycles. The van der Waals surface area contributed by atoms with E-state index in [1.807, 2.05) is 152 Å². The van der Waals surface area contributed by atoms with Crippen LogP contribution in [0.2, 0.25) is 0 Å². The molecule has 1 aliphatic rings. The van der Waals surface area contributed by atoms with Gasteiger partial charge in [0.05, 0.1) is 33.0 Å². The Morgan fingerprint density at radius 3 is 1.52 bits per heavy atom. The van der Waals surface area contributed by atoms with Crippen molar-refractivity contribution in [1.29, 1.82) is 0 Å². The Hall–Kier alpha value is -6.13. The molecule has 1 saturated heterocycles. The molecular formula is C52H50O8. The zero-order valence-corrected chi connectivity index (χ0v) is 33.5. The molecule has 0 spiro atoms. The average molecular weight is 803 g/mol. The molecular weight excluding hydrogens is 753 g/mol. The number of ether oxygens (including phenoxy) is 6. The number of allylic oxidation sites excluding steroid dienone is 4. The maximum Gasteiger partial charge on any atom is 0.345 e. The molecule has 8 heteroatoms. The smallest absolute Gasteiger partial charge is 0.345 e. The van der Waals surface area contributed by atoms with Crippen LogP contribution >= 0.6 is 0 Å². The van der Waals surface area contributed by atoms with Crippen LogP contribution in [-0.4, -0.2) is 31.0 Å². The highest BCUT2D eigenvalue weighted by Crippen LogP contribution is 2.41. The van der Waals surface area contributed by atoms with Crippen molar-refractivity contribution in [2.24, 2.45) is 0 Å². The zero-order valence-electron chi connectivity index (χ0n) is 33.5. The summed E-state index contributed by atoms with van der Waals surface area (Å²) in [6, 6.07) is 51.2. The minimum Gasteiger partial charge on any atom is -0.488 e. The molecule has 5 aromatic carbocycles. The van der Waals surface area contributed by atoms with Crippen molar-refractivity contribution in [3.05, 3.63) is 238 Å². The molecule has 7 rings (SSSR count). The molecule has 0 bridgehead atoms. The summed E-state index contributed by atoms with van der Waals surface area (Å²) in [5.74, 6) is 0.608. The Kier molecular flexibility index (Phi) is 15.6. The number of hydrogen-bond donors (Lipinski definition) is 0. The first-order valence-corrected chi connectivity index (χ1v) is 20.2. The van der Waals surface area contributed by atoms with Crippen LogP contribution in [0, 0.1) is 0 Å². The van der Waals surface area contributed by atoms with Crippen molar-refractivity contribution >= 4 is 6.08 Å². The van der Waals surface area contributed by atoms with Gasteiger partial charge in [0, 0.05) is 6.07 Å². The van der Waals surface area contributed by atoms with Gasteiger partial charge in [0.25, 0.3) is 0 Å². The van der Waals surface area contributed by atoms with Gasteiger partial charge in [-0.3, -0.25) is 0 Å². The lowest BCUT2D eigenvalue weighted by molar-refractivity contribution is -0.275. The molecule has 5 atom stereocenters. The second kappa shape index (κ2) is 22.3. The van der Waals surface area contributed by atoms with Crippen molar-refractivity contribution in [3.63, 3.8) is 0 Å². The van der Waals surface area contributed by atoms with Crippen LogP contribution < -0.4 is 10.4 Å². The monoisotopic (exact) mass is 802 g/mol. The Morgan fingerprint density at radius 2 is 1.00 bits per heavy atom. The maximum atomic E-state index is 14.5. The number of hydrogen-bond acceptors (Lipinski definition) is 8. The average Bonchev–Trinajstić information content (AvgIpc) is 3.29. The Labute approximate surface area is 351 Å². The van der Waals surface area contributed by atoms with Crippen LogP contribution in [0.5, 0.6) is 5.75 Å². The first-order valence-electron chi connectivity index (χ1n) is 20.2. The molecule has 0 saturated carbocycles. The highest BCUT2D eigenvalue weighted by atomic mass is 16.6. The molecule has 60 heavy (non-hydrogen) atoms. The Morgan fingerprint density at radius 1 is 0.533 bits per heavy atom. The molecule has 306 valence electrons. The summed E-state index contributed by atoms with van der Waals surface area (Å²) in [6.07, 6.45) is 4.64. The van der Waals surface area contributed by atoms with E-state index in [1.165, 1.54) is 0 Å². The highest BCUT2D eigenvalue weighted by Gasteiger charge is 2.51. The van der Waals surface area contributed by atoms with E-state index in [1.54, 1.807) is 36.4 Å². The fraction of sp³-hybridized carbons (Fsp3) is 0.212. The van der Waals surface area contributed by atoms with Crippen molar-refractivity contribution in [3.8, 4) is 5.75 Å². The van der Waals surface area contributed by atoms with Crippen LogP contribution in [0.25, 0.3) is 6.08 Å². The third-order valence-electron chi connectivity index (χ3n) is 9.99. The van der Waals surface area contributed by atoms with Gasteiger partial charge in [0.15, 0.2) is 0 Å². The molecule has 6 aromatic rings. The van der Waals surface area contributed by atoms with Crippen LogP contribution in [0.3, 0.4) is 0 Å². The molecule has 2 heterocycles. The van der Waals surface area contributed by atoms with Gasteiger partial charge in [-0.1, -0.05) is 183 Å². The van der Waals surface area contributed by atoms with Crippen molar-refractivity contribution < 1.29 is 32.8 Å². The lowest BCUT2D eigenvalue weighted by atomic mass is 9.90. The second-order valence-electron chi connectivity index (χ2n) is 14.3. The summed E-state index contributed by atoms with van der Waals surface area (Å²) in [7, 11) is 0. The highest BCUT2D eigenvalue weighted by molar-refractivity contribution is 5.49. The van der Waals surface area contributed by atoms with Gasteiger partial charge in [0.1, 0.15) is 54.2 Å². The largest absolute Gasteiger partial charge is 0.488 e. The van der Waals surface area contributed by atoms with Crippen molar-refractivity contribution in [2.75, 3.05) is 6.61 Å². The van der Waals surface area contributed by atoms with Gasteiger partial charge >= 0.3 is 5.63 Å². The Bertz CT molecular complexity index is 2290. The lowest BCUT2D eigenvalue weighted by Crippen LogP contribution is -2.58. The van der Waals surface area contributed by atoms with Crippen LogP contribution in [0.4, 0.5) is 0 Å². The molecule has 1 aromatic heterocycles. The molecule has 0 N–H and O–H groups in total. The van der Waals surface area contributed by atoms with Gasteiger partial charge in [0.2, 0.25) is 0 Å². The summed E-state index contributed by atoms with van der Waals surface area (Å²) >= 11 is 0. The maximum absolute atomic E-state index is 14.5. The summed E-state index contributed by atoms with van der Waals surface area (Å²) in [6.45, 7) is 5.13. The van der Waals surface area contributed by atoms with E-state index in [4.69, 9.17) is 32.8 Å². The normalized spacial score (nSPS) is 19.1. The second-order valence-corrected chi connectivity index (χ2v) is 14.3. The van der Waals surface area contributed by atoms with Gasteiger partial charge in [-0.25, -0.2) is 4.79 Å². The SMILES string of the molecule is C=C/C=C/C=C/c1cc(OCc2ccccc2)c([C@@H]2O[C@H](COCc3ccccc3)[C@H](OCc3ccccc3)[C@H](OCc3ccccc3)[C@H]2OCc2ccccc2)c(=O)o1. The fourth-order valence-corrected chi connectivity index (χ4v) is 7.01.